The van der Waals surface area contributed by atoms with Crippen molar-refractivity contribution in [2.75, 3.05) is 19.8 Å². The van der Waals surface area contributed by atoms with E-state index < -0.39 is 16.1 Å². The summed E-state index contributed by atoms with van der Waals surface area (Å²) in [4.78, 5) is 16.0. The number of phosphoric ester groups is 1. The maximum absolute atomic E-state index is 10.7. The summed E-state index contributed by atoms with van der Waals surface area (Å²) in [6.07, 6.45) is 3.01. The van der Waals surface area contributed by atoms with E-state index in [0.717, 1.165) is 12.8 Å². The highest BCUT2D eigenvalue weighted by molar-refractivity contribution is 7.46. The zero-order valence-electron chi connectivity index (χ0n) is 10.7. The van der Waals surface area contributed by atoms with Crippen molar-refractivity contribution in [3.63, 3.8) is 0 Å². The molecule has 9 heteroatoms. The lowest BCUT2D eigenvalue weighted by atomic mass is 10.5. The molecule has 0 aromatic heterocycles. The number of phosphoric acid groups is 1. The number of hydrogen-bond donors (Lipinski definition) is 2. The molecule has 0 aromatic carbocycles. The van der Waals surface area contributed by atoms with Crippen LogP contribution in [0.25, 0.3) is 0 Å². The molecule has 0 spiro atoms. The summed E-state index contributed by atoms with van der Waals surface area (Å²) in [7, 11) is -6.10. The largest absolute Gasteiger partial charge is 0.697 e. The average Bonchev–Trinajstić information content (AvgIpc) is 2.31. The van der Waals surface area contributed by atoms with E-state index in [2.05, 4.69) is 11.1 Å². The molecule has 0 aliphatic heterocycles. The third kappa shape index (κ3) is 21.2. The van der Waals surface area contributed by atoms with Crippen molar-refractivity contribution in [1.82, 2.24) is 0 Å². The Balaban J connectivity index is 0. The smallest absolute Gasteiger partial charge is 0.303 e. The molecule has 0 saturated carbocycles. The van der Waals surface area contributed by atoms with E-state index in [1.54, 1.807) is 0 Å². The minimum Gasteiger partial charge on any atom is -0.303 e. The molecule has 0 aliphatic carbocycles. The van der Waals surface area contributed by atoms with Gasteiger partial charge in [0.2, 0.25) is 0 Å². The van der Waals surface area contributed by atoms with Crippen molar-refractivity contribution in [2.24, 2.45) is 0 Å². The Morgan fingerprint density at radius 1 is 1.22 bits per heavy atom. The average molecular weight is 303 g/mol. The molecule has 2 N–H and O–H groups in total. The van der Waals surface area contributed by atoms with Gasteiger partial charge in [-0.15, -0.1) is 15.6 Å². The van der Waals surface area contributed by atoms with E-state index in [4.69, 9.17) is 18.8 Å². The minimum atomic E-state index is -4.25. The van der Waals surface area contributed by atoms with Crippen LogP contribution in [-0.2, 0) is 22.7 Å². The van der Waals surface area contributed by atoms with Crippen molar-refractivity contribution in [3.05, 3.63) is 12.7 Å². The standard InChI is InChI=1S/C6H14O3P.C3H7O4P/c1-3-5-8-10(7)9-6-4-2;1-2-3-7-8(4,5)6/h3-6H2,1-2H3;2H,1,3H2,(H2,4,5,6)/q+1;. The second kappa shape index (κ2) is 13.3. The highest BCUT2D eigenvalue weighted by Gasteiger charge is 2.17. The van der Waals surface area contributed by atoms with Crippen LogP contribution in [0.2, 0.25) is 0 Å². The Bertz CT molecular complexity index is 254. The molecule has 0 unspecified atom stereocenters. The normalized spacial score (nSPS) is 10.4. The third-order valence-corrected chi connectivity index (χ3v) is 2.43. The third-order valence-electron chi connectivity index (χ3n) is 1.16. The van der Waals surface area contributed by atoms with Crippen LogP contribution in [0.5, 0.6) is 0 Å². The van der Waals surface area contributed by atoms with Gasteiger partial charge < -0.3 is 9.79 Å². The van der Waals surface area contributed by atoms with Crippen LogP contribution in [0, 0.1) is 0 Å². The van der Waals surface area contributed by atoms with Crippen molar-refractivity contribution in [2.45, 2.75) is 26.7 Å². The summed E-state index contributed by atoms with van der Waals surface area (Å²) in [6, 6.07) is 0. The van der Waals surface area contributed by atoms with Crippen LogP contribution in [0.1, 0.15) is 26.7 Å². The molecular weight excluding hydrogens is 282 g/mol. The van der Waals surface area contributed by atoms with Gasteiger partial charge in [0.05, 0.1) is 6.61 Å². The molecule has 0 fully saturated rings. The summed E-state index contributed by atoms with van der Waals surface area (Å²) in [5.74, 6) is 0. The molecule has 7 nitrogen and oxygen atoms in total. The zero-order valence-corrected chi connectivity index (χ0v) is 12.4. The van der Waals surface area contributed by atoms with Gasteiger partial charge in [-0.3, -0.25) is 4.52 Å². The summed E-state index contributed by atoms with van der Waals surface area (Å²) in [6.45, 7) is 8.02. The topological polar surface area (TPSA) is 102 Å². The minimum absolute atomic E-state index is 0.121. The van der Waals surface area contributed by atoms with E-state index in [1.165, 1.54) is 6.08 Å². The first-order valence-corrected chi connectivity index (χ1v) is 8.04. The van der Waals surface area contributed by atoms with Gasteiger partial charge >= 0.3 is 16.1 Å². The molecule has 0 atom stereocenters. The van der Waals surface area contributed by atoms with E-state index in [-0.39, 0.29) is 6.61 Å². The van der Waals surface area contributed by atoms with E-state index in [0.29, 0.717) is 13.2 Å². The molecule has 0 aliphatic rings. The Morgan fingerprint density at radius 2 is 1.67 bits per heavy atom. The molecule has 0 rings (SSSR count). The van der Waals surface area contributed by atoms with Crippen LogP contribution in [0.15, 0.2) is 12.7 Å². The second-order valence-electron chi connectivity index (χ2n) is 2.97. The fourth-order valence-corrected chi connectivity index (χ4v) is 1.56. The van der Waals surface area contributed by atoms with Gasteiger partial charge in [-0.2, -0.15) is 0 Å². The number of hydrogen-bond acceptors (Lipinski definition) is 5. The zero-order chi connectivity index (χ0) is 14.4. The maximum atomic E-state index is 10.7. The fraction of sp³-hybridized carbons (Fsp3) is 0.778. The first kappa shape index (κ1) is 20.2. The summed E-state index contributed by atoms with van der Waals surface area (Å²) in [5, 5.41) is 0. The SMILES string of the molecule is C=CCOP(=O)(O)O.CCCO[P+](=O)OCCC. The molecule has 0 aromatic rings. The van der Waals surface area contributed by atoms with Gasteiger partial charge in [-0.1, -0.05) is 19.9 Å². The molecule has 18 heavy (non-hydrogen) atoms. The summed E-state index contributed by atoms with van der Waals surface area (Å²) < 4.78 is 34.0. The van der Waals surface area contributed by atoms with Crippen LogP contribution in [-0.4, -0.2) is 29.6 Å². The molecule has 0 heterocycles. The maximum Gasteiger partial charge on any atom is 0.697 e. The lowest BCUT2D eigenvalue weighted by Crippen LogP contribution is -1.87. The van der Waals surface area contributed by atoms with Gasteiger partial charge in [0, 0.05) is 4.57 Å². The second-order valence-corrected chi connectivity index (χ2v) is 5.17. The Kier molecular flexibility index (Phi) is 14.9. The van der Waals surface area contributed by atoms with Crippen molar-refractivity contribution >= 4 is 16.1 Å². The molecule has 108 valence electrons. The molecule has 0 amide bonds. The molecular formula is C9H21O7P2+. The van der Waals surface area contributed by atoms with Crippen LogP contribution in [0.4, 0.5) is 0 Å². The predicted molar refractivity (Wildman–Crippen MR) is 68.3 cm³/mol. The monoisotopic (exact) mass is 303 g/mol. The first-order valence-electron chi connectivity index (χ1n) is 5.41. The van der Waals surface area contributed by atoms with Crippen molar-refractivity contribution < 1.29 is 32.5 Å². The Morgan fingerprint density at radius 3 is 1.89 bits per heavy atom. The molecule has 0 saturated heterocycles. The first-order chi connectivity index (χ1) is 8.37. The Labute approximate surface area is 108 Å². The number of rotatable bonds is 9. The molecule has 0 radical (unpaired) electrons. The van der Waals surface area contributed by atoms with Gasteiger partial charge in [-0.25, -0.2) is 4.57 Å². The van der Waals surface area contributed by atoms with Gasteiger partial charge in [0.25, 0.3) is 0 Å². The van der Waals surface area contributed by atoms with Gasteiger partial charge in [0.1, 0.15) is 13.2 Å². The lowest BCUT2D eigenvalue weighted by molar-refractivity contribution is 0.215. The van der Waals surface area contributed by atoms with Gasteiger partial charge in [-0.05, 0) is 12.8 Å². The fourth-order valence-electron chi connectivity index (χ4n) is 0.519. The van der Waals surface area contributed by atoms with Crippen molar-refractivity contribution in [1.29, 1.82) is 0 Å². The Hall–Kier alpha value is -0.130. The van der Waals surface area contributed by atoms with E-state index >= 15 is 0 Å². The van der Waals surface area contributed by atoms with Crippen LogP contribution in [0.3, 0.4) is 0 Å². The van der Waals surface area contributed by atoms with E-state index in [9.17, 15) is 9.13 Å². The summed E-state index contributed by atoms with van der Waals surface area (Å²) >= 11 is 0. The highest BCUT2D eigenvalue weighted by Crippen LogP contribution is 2.35. The van der Waals surface area contributed by atoms with Crippen LogP contribution >= 0.6 is 16.1 Å². The molecule has 0 bridgehead atoms. The quantitative estimate of drug-likeness (QED) is 0.498. The summed E-state index contributed by atoms with van der Waals surface area (Å²) in [5.41, 5.74) is 0. The van der Waals surface area contributed by atoms with Crippen molar-refractivity contribution in [3.8, 4) is 0 Å². The lowest BCUT2D eigenvalue weighted by Gasteiger charge is -1.98. The highest BCUT2D eigenvalue weighted by atomic mass is 31.2. The predicted octanol–water partition coefficient (Wildman–Crippen LogP) is 2.78. The van der Waals surface area contributed by atoms with E-state index in [1.807, 2.05) is 13.8 Å². The van der Waals surface area contributed by atoms with Crippen LogP contribution < -0.4 is 0 Å². The van der Waals surface area contributed by atoms with Gasteiger partial charge in [0.15, 0.2) is 0 Å².